The second-order valence-corrected chi connectivity index (χ2v) is 4.17. The second-order valence-electron chi connectivity index (χ2n) is 4.17. The van der Waals surface area contributed by atoms with Crippen LogP contribution in [0.15, 0.2) is 72.8 Å². The largest absolute Gasteiger partial charge is 0.301 e. The maximum atomic E-state index is 3.20. The van der Waals surface area contributed by atoms with Crippen molar-refractivity contribution in [3.63, 3.8) is 0 Å². The molecule has 1 aromatic carbocycles. The van der Waals surface area contributed by atoms with Crippen LogP contribution in [0, 0.1) is 0 Å². The molecule has 18 heavy (non-hydrogen) atoms. The molecule has 88 valence electrons. The number of hydrogen-bond donors (Lipinski definition) is 2. The molecule has 3 rings (SSSR count). The topological polar surface area (TPSA) is 24.1 Å². The molecule has 2 nitrogen and oxygen atoms in total. The van der Waals surface area contributed by atoms with Gasteiger partial charge < -0.3 is 10.9 Å². The maximum Gasteiger partial charge on any atom is 0.0540 e. The Kier molecular flexibility index (Phi) is 2.84. The molecular weight excluding hydrogens is 220 g/mol. The summed E-state index contributed by atoms with van der Waals surface area (Å²) in [6.45, 7) is 0. The van der Waals surface area contributed by atoms with Gasteiger partial charge in [-0.1, -0.05) is 48.5 Å². The number of hydrazine groups is 1. The van der Waals surface area contributed by atoms with Gasteiger partial charge in [0.05, 0.1) is 11.4 Å². The molecule has 0 amide bonds. The van der Waals surface area contributed by atoms with Gasteiger partial charge in [0.2, 0.25) is 0 Å². The Morgan fingerprint density at radius 2 is 1.00 bits per heavy atom. The highest BCUT2D eigenvalue weighted by Gasteiger charge is 1.98. The lowest BCUT2D eigenvalue weighted by atomic mass is 10.2. The minimum absolute atomic E-state index is 1.04. The van der Waals surface area contributed by atoms with Gasteiger partial charge >= 0.3 is 0 Å². The van der Waals surface area contributed by atoms with Crippen molar-refractivity contribution in [1.29, 1.82) is 0 Å². The van der Waals surface area contributed by atoms with Crippen molar-refractivity contribution in [2.24, 2.45) is 0 Å². The molecule has 0 fully saturated rings. The highest BCUT2D eigenvalue weighted by molar-refractivity contribution is 5.68. The van der Waals surface area contributed by atoms with Gasteiger partial charge in [-0.05, 0) is 35.4 Å². The summed E-state index contributed by atoms with van der Waals surface area (Å²) in [4.78, 5) is 0. The fourth-order valence-electron chi connectivity index (χ4n) is 1.92. The van der Waals surface area contributed by atoms with E-state index in [0.717, 1.165) is 11.4 Å². The van der Waals surface area contributed by atoms with E-state index >= 15 is 0 Å². The Hall–Kier alpha value is -2.48. The van der Waals surface area contributed by atoms with E-state index in [1.165, 1.54) is 11.1 Å². The number of para-hydroxylation sites is 1. The summed E-state index contributed by atoms with van der Waals surface area (Å²) in [6.07, 6.45) is 0. The average molecular weight is 234 g/mol. The highest BCUT2D eigenvalue weighted by atomic mass is 15.4. The van der Waals surface area contributed by atoms with Crippen molar-refractivity contribution in [2.75, 3.05) is 10.9 Å². The summed E-state index contributed by atoms with van der Waals surface area (Å²) in [5, 5.41) is 0. The fraction of sp³-hybridized carbons (Fsp3) is 0. The van der Waals surface area contributed by atoms with E-state index in [0.29, 0.717) is 0 Å². The maximum absolute atomic E-state index is 3.20. The monoisotopic (exact) mass is 234 g/mol. The van der Waals surface area contributed by atoms with Crippen molar-refractivity contribution in [2.45, 2.75) is 0 Å². The number of nitrogens with one attached hydrogen (secondary N) is 2. The zero-order valence-corrected chi connectivity index (χ0v) is 9.93. The highest BCUT2D eigenvalue weighted by Crippen LogP contribution is 2.23. The molecule has 2 aliphatic rings. The van der Waals surface area contributed by atoms with Crippen LogP contribution in [0.5, 0.6) is 0 Å². The lowest BCUT2D eigenvalue weighted by Gasteiger charge is -2.07. The molecule has 0 saturated carbocycles. The van der Waals surface area contributed by atoms with Crippen LogP contribution in [0.3, 0.4) is 0 Å². The lowest BCUT2D eigenvalue weighted by Crippen LogP contribution is -2.07. The molecule has 2 aliphatic carbocycles. The van der Waals surface area contributed by atoms with Crippen LogP contribution in [0.4, 0.5) is 11.4 Å². The fourth-order valence-corrected chi connectivity index (χ4v) is 1.92. The smallest absolute Gasteiger partial charge is 0.0540 e. The Bertz CT molecular complexity index is 574. The zero-order valence-electron chi connectivity index (χ0n) is 9.93. The van der Waals surface area contributed by atoms with E-state index in [4.69, 9.17) is 0 Å². The van der Waals surface area contributed by atoms with Crippen LogP contribution in [0.1, 0.15) is 0 Å². The van der Waals surface area contributed by atoms with E-state index in [9.17, 15) is 0 Å². The van der Waals surface area contributed by atoms with Gasteiger partial charge in [-0.2, -0.15) is 0 Å². The van der Waals surface area contributed by atoms with E-state index in [2.05, 4.69) is 53.3 Å². The van der Waals surface area contributed by atoms with Gasteiger partial charge in [-0.25, -0.2) is 0 Å². The van der Waals surface area contributed by atoms with Crippen LogP contribution in [0.2, 0.25) is 0 Å². The summed E-state index contributed by atoms with van der Waals surface area (Å²) in [5.74, 6) is 0. The third-order valence-electron chi connectivity index (χ3n) is 2.89. The van der Waals surface area contributed by atoms with Gasteiger partial charge in [-0.3, -0.25) is 0 Å². The standard InChI is InChI=1S/C16H14N2/c1-2-7-15(8-3-1)17-18-16-11-9-13-5-4-6-14(13)10-12-16/h1-12,17-18H. The normalized spacial score (nSPS) is 10.2. The molecule has 0 aromatic heterocycles. The SMILES string of the molecule is c1ccc(NNc2ccc3cccc-3cc2)cc1. The molecule has 0 saturated heterocycles. The van der Waals surface area contributed by atoms with E-state index in [1.54, 1.807) is 0 Å². The van der Waals surface area contributed by atoms with E-state index in [-0.39, 0.29) is 0 Å². The first-order valence-electron chi connectivity index (χ1n) is 5.98. The molecule has 0 aliphatic heterocycles. The number of hydrogen-bond acceptors (Lipinski definition) is 2. The van der Waals surface area contributed by atoms with Gasteiger partial charge in [0, 0.05) is 0 Å². The van der Waals surface area contributed by atoms with Crippen LogP contribution in [-0.2, 0) is 0 Å². The molecule has 2 heteroatoms. The molecule has 0 atom stereocenters. The molecule has 2 N–H and O–H groups in total. The summed E-state index contributed by atoms with van der Waals surface area (Å²) < 4.78 is 0. The molecular formula is C16H14N2. The van der Waals surface area contributed by atoms with Crippen molar-refractivity contribution in [3.8, 4) is 11.1 Å². The van der Waals surface area contributed by atoms with Crippen LogP contribution in [-0.4, -0.2) is 0 Å². The minimum Gasteiger partial charge on any atom is -0.301 e. The van der Waals surface area contributed by atoms with Gasteiger partial charge in [0.25, 0.3) is 0 Å². The van der Waals surface area contributed by atoms with E-state index in [1.807, 2.05) is 30.3 Å². The average Bonchev–Trinajstić information content (AvgIpc) is 2.78. The predicted octanol–water partition coefficient (Wildman–Crippen LogP) is 4.23. The van der Waals surface area contributed by atoms with Crippen LogP contribution < -0.4 is 10.9 Å². The second kappa shape index (κ2) is 4.80. The number of fused-ring (bicyclic) bond motifs is 1. The van der Waals surface area contributed by atoms with Crippen molar-refractivity contribution in [1.82, 2.24) is 0 Å². The van der Waals surface area contributed by atoms with Crippen molar-refractivity contribution in [3.05, 3.63) is 72.8 Å². The Labute approximate surface area is 107 Å². The summed E-state index contributed by atoms with van der Waals surface area (Å²) >= 11 is 0. The lowest BCUT2D eigenvalue weighted by molar-refractivity contribution is 1.42. The first-order chi connectivity index (χ1) is 8.92. The third-order valence-corrected chi connectivity index (χ3v) is 2.89. The summed E-state index contributed by atoms with van der Waals surface area (Å²) in [6, 6.07) is 24.7. The van der Waals surface area contributed by atoms with Crippen molar-refractivity contribution < 1.29 is 0 Å². The summed E-state index contributed by atoms with van der Waals surface area (Å²) in [7, 11) is 0. The number of rotatable bonds is 3. The van der Waals surface area contributed by atoms with E-state index < -0.39 is 0 Å². The Morgan fingerprint density at radius 3 is 1.61 bits per heavy atom. The Morgan fingerprint density at radius 1 is 0.444 bits per heavy atom. The van der Waals surface area contributed by atoms with Gasteiger partial charge in [0.1, 0.15) is 0 Å². The quantitative estimate of drug-likeness (QED) is 0.663. The predicted molar refractivity (Wildman–Crippen MR) is 76.8 cm³/mol. The number of anilines is 2. The van der Waals surface area contributed by atoms with Gasteiger partial charge in [0.15, 0.2) is 0 Å². The van der Waals surface area contributed by atoms with Crippen molar-refractivity contribution >= 4 is 11.4 Å². The minimum atomic E-state index is 1.04. The van der Waals surface area contributed by atoms with Crippen LogP contribution in [0.25, 0.3) is 11.1 Å². The number of benzene rings is 1. The molecule has 1 aromatic rings. The zero-order chi connectivity index (χ0) is 12.2. The third kappa shape index (κ3) is 2.28. The molecule has 0 spiro atoms. The van der Waals surface area contributed by atoms with Crippen LogP contribution >= 0.6 is 0 Å². The molecule has 0 unspecified atom stereocenters. The Balaban J connectivity index is 1.77. The molecule has 0 bridgehead atoms. The van der Waals surface area contributed by atoms with Gasteiger partial charge in [-0.15, -0.1) is 0 Å². The summed E-state index contributed by atoms with van der Waals surface area (Å²) in [5.41, 5.74) is 11.0. The molecule has 0 radical (unpaired) electrons. The first-order valence-corrected chi connectivity index (χ1v) is 5.98. The first kappa shape index (κ1) is 10.7. The molecule has 0 heterocycles.